The fourth-order valence-electron chi connectivity index (χ4n) is 3.08. The lowest BCUT2D eigenvalue weighted by molar-refractivity contribution is -0.0222. The van der Waals surface area contributed by atoms with Crippen molar-refractivity contribution in [2.45, 2.75) is 51.2 Å². The Bertz CT molecular complexity index is 367. The Morgan fingerprint density at radius 3 is 2.53 bits per heavy atom. The molecule has 2 nitrogen and oxygen atoms in total. The maximum atomic E-state index is 10.9. The number of rotatable bonds is 3. The van der Waals surface area contributed by atoms with E-state index in [2.05, 4.69) is 0 Å². The van der Waals surface area contributed by atoms with Gasteiger partial charge in [0.1, 0.15) is 0 Å². The van der Waals surface area contributed by atoms with Crippen molar-refractivity contribution in [2.75, 3.05) is 0 Å². The first-order valence-corrected chi connectivity index (χ1v) is 6.67. The average molecular weight is 233 g/mol. The maximum Gasteiger partial charge on any atom is 0.0899 e. The monoisotopic (exact) mass is 233 g/mol. The highest BCUT2D eigenvalue weighted by atomic mass is 16.3. The van der Waals surface area contributed by atoms with Crippen molar-refractivity contribution in [3.05, 3.63) is 35.4 Å². The van der Waals surface area contributed by atoms with E-state index in [1.165, 1.54) is 19.3 Å². The normalized spacial score (nSPS) is 21.1. The van der Waals surface area contributed by atoms with Crippen molar-refractivity contribution >= 4 is 0 Å². The molecule has 0 heterocycles. The summed E-state index contributed by atoms with van der Waals surface area (Å²) in [7, 11) is 0. The predicted molar refractivity (Wildman–Crippen MR) is 70.5 cm³/mol. The minimum absolute atomic E-state index is 0.379. The van der Waals surface area contributed by atoms with Crippen LogP contribution in [0.4, 0.5) is 0 Å². The Morgan fingerprint density at radius 2 is 1.88 bits per heavy atom. The van der Waals surface area contributed by atoms with Gasteiger partial charge in [-0.2, -0.15) is 0 Å². The minimum atomic E-state index is -0.726. The molecule has 1 aromatic rings. The van der Waals surface area contributed by atoms with Gasteiger partial charge in [-0.15, -0.1) is 0 Å². The first-order valence-electron chi connectivity index (χ1n) is 6.67. The van der Waals surface area contributed by atoms with E-state index in [4.69, 9.17) is 5.73 Å². The van der Waals surface area contributed by atoms with Crippen LogP contribution in [0.25, 0.3) is 0 Å². The van der Waals surface area contributed by atoms with E-state index >= 15 is 0 Å². The first kappa shape index (κ1) is 12.6. The van der Waals surface area contributed by atoms with E-state index < -0.39 is 5.60 Å². The molecule has 0 radical (unpaired) electrons. The van der Waals surface area contributed by atoms with Crippen molar-refractivity contribution in [1.29, 1.82) is 0 Å². The number of hydrogen-bond acceptors (Lipinski definition) is 2. The molecule has 2 heteroatoms. The van der Waals surface area contributed by atoms with Gasteiger partial charge in [-0.1, -0.05) is 43.5 Å². The molecular weight excluding hydrogens is 210 g/mol. The summed E-state index contributed by atoms with van der Waals surface area (Å²) in [5.74, 6) is 0.379. The fourth-order valence-corrected chi connectivity index (χ4v) is 3.08. The van der Waals surface area contributed by atoms with Gasteiger partial charge in [0.25, 0.3) is 0 Å². The third-order valence-corrected chi connectivity index (χ3v) is 4.18. The molecular formula is C15H23NO. The highest BCUT2D eigenvalue weighted by molar-refractivity contribution is 5.32. The summed E-state index contributed by atoms with van der Waals surface area (Å²) in [6.07, 6.45) is 6.06. The van der Waals surface area contributed by atoms with E-state index in [1.54, 1.807) is 0 Å². The highest BCUT2D eigenvalue weighted by Crippen LogP contribution is 2.40. The highest BCUT2D eigenvalue weighted by Gasteiger charge is 2.35. The van der Waals surface area contributed by atoms with Gasteiger partial charge in [0.05, 0.1) is 5.60 Å². The third kappa shape index (κ3) is 2.53. The second-order valence-electron chi connectivity index (χ2n) is 5.34. The number of aliphatic hydroxyl groups is 1. The first-order chi connectivity index (χ1) is 8.16. The molecule has 0 bridgehead atoms. The molecule has 0 saturated heterocycles. The smallest absolute Gasteiger partial charge is 0.0899 e. The molecule has 1 atom stereocenters. The lowest BCUT2D eigenvalue weighted by Crippen LogP contribution is -2.34. The van der Waals surface area contributed by atoms with Crippen molar-refractivity contribution < 1.29 is 5.11 Å². The van der Waals surface area contributed by atoms with Crippen LogP contribution < -0.4 is 5.73 Å². The van der Waals surface area contributed by atoms with Crippen molar-refractivity contribution in [3.8, 4) is 0 Å². The van der Waals surface area contributed by atoms with Gasteiger partial charge in [0, 0.05) is 6.54 Å². The third-order valence-electron chi connectivity index (χ3n) is 4.18. The molecule has 94 valence electrons. The second kappa shape index (κ2) is 5.19. The predicted octanol–water partition coefficient (Wildman–Crippen LogP) is 2.93. The average Bonchev–Trinajstić information content (AvgIpc) is 2.39. The van der Waals surface area contributed by atoms with Crippen LogP contribution >= 0.6 is 0 Å². The van der Waals surface area contributed by atoms with Gasteiger partial charge in [0.2, 0.25) is 0 Å². The Kier molecular flexibility index (Phi) is 3.85. The molecule has 1 saturated carbocycles. The Balaban J connectivity index is 2.29. The van der Waals surface area contributed by atoms with Crippen molar-refractivity contribution in [3.63, 3.8) is 0 Å². The lowest BCUT2D eigenvalue weighted by atomic mass is 9.73. The summed E-state index contributed by atoms with van der Waals surface area (Å²) in [6, 6.07) is 8.03. The summed E-state index contributed by atoms with van der Waals surface area (Å²) in [6.45, 7) is 2.45. The Labute approximate surface area is 104 Å². The van der Waals surface area contributed by atoms with E-state index in [0.717, 1.165) is 24.0 Å². The van der Waals surface area contributed by atoms with Gasteiger partial charge >= 0.3 is 0 Å². The topological polar surface area (TPSA) is 46.2 Å². The molecule has 1 unspecified atom stereocenters. The summed E-state index contributed by atoms with van der Waals surface area (Å²) in [4.78, 5) is 0. The molecule has 1 fully saturated rings. The zero-order valence-electron chi connectivity index (χ0n) is 10.7. The molecule has 1 aliphatic rings. The number of nitrogens with two attached hydrogens (primary N) is 1. The van der Waals surface area contributed by atoms with Gasteiger partial charge in [0.15, 0.2) is 0 Å². The summed E-state index contributed by atoms with van der Waals surface area (Å²) in [5, 5.41) is 10.9. The van der Waals surface area contributed by atoms with Crippen LogP contribution in [0.3, 0.4) is 0 Å². The van der Waals surface area contributed by atoms with Crippen LogP contribution in [-0.2, 0) is 12.1 Å². The van der Waals surface area contributed by atoms with Crippen LogP contribution in [0.15, 0.2) is 24.3 Å². The standard InChI is InChI=1S/C15H23NO/c1-15(17,13-8-3-2-4-9-13)14-10-6-5-7-12(14)11-16/h5-7,10,13,17H,2-4,8-9,11,16H2,1H3. The molecule has 2 rings (SSSR count). The van der Waals surface area contributed by atoms with Crippen LogP contribution in [-0.4, -0.2) is 5.11 Å². The van der Waals surface area contributed by atoms with E-state index in [9.17, 15) is 5.11 Å². The quantitative estimate of drug-likeness (QED) is 0.843. The molecule has 1 aromatic carbocycles. The van der Waals surface area contributed by atoms with E-state index in [-0.39, 0.29) is 0 Å². The molecule has 3 N–H and O–H groups in total. The summed E-state index contributed by atoms with van der Waals surface area (Å²) >= 11 is 0. The molecule has 0 aliphatic heterocycles. The molecule has 0 amide bonds. The van der Waals surface area contributed by atoms with Crippen LogP contribution in [0.5, 0.6) is 0 Å². The molecule has 17 heavy (non-hydrogen) atoms. The molecule has 0 aromatic heterocycles. The summed E-state index contributed by atoms with van der Waals surface area (Å²) < 4.78 is 0. The molecule has 1 aliphatic carbocycles. The van der Waals surface area contributed by atoms with Gasteiger partial charge in [-0.25, -0.2) is 0 Å². The fraction of sp³-hybridized carbons (Fsp3) is 0.600. The van der Waals surface area contributed by atoms with Gasteiger partial charge in [-0.3, -0.25) is 0 Å². The largest absolute Gasteiger partial charge is 0.385 e. The maximum absolute atomic E-state index is 10.9. The number of hydrogen-bond donors (Lipinski definition) is 2. The Hall–Kier alpha value is -0.860. The second-order valence-corrected chi connectivity index (χ2v) is 5.34. The zero-order valence-corrected chi connectivity index (χ0v) is 10.7. The minimum Gasteiger partial charge on any atom is -0.385 e. The van der Waals surface area contributed by atoms with Gasteiger partial charge in [-0.05, 0) is 36.8 Å². The van der Waals surface area contributed by atoms with Gasteiger partial charge < -0.3 is 10.8 Å². The SMILES string of the molecule is CC(O)(c1ccccc1CN)C1CCCCC1. The van der Waals surface area contributed by atoms with Crippen molar-refractivity contribution in [1.82, 2.24) is 0 Å². The number of benzene rings is 1. The zero-order chi connectivity index (χ0) is 12.3. The van der Waals surface area contributed by atoms with E-state index in [0.29, 0.717) is 12.5 Å². The van der Waals surface area contributed by atoms with Crippen LogP contribution in [0, 0.1) is 5.92 Å². The van der Waals surface area contributed by atoms with Crippen molar-refractivity contribution in [2.24, 2.45) is 11.7 Å². The lowest BCUT2D eigenvalue weighted by Gasteiger charge is -2.37. The van der Waals surface area contributed by atoms with Crippen LogP contribution in [0.1, 0.15) is 50.2 Å². The van der Waals surface area contributed by atoms with Crippen LogP contribution in [0.2, 0.25) is 0 Å². The summed E-state index contributed by atoms with van der Waals surface area (Å²) in [5.41, 5.74) is 7.13. The van der Waals surface area contributed by atoms with E-state index in [1.807, 2.05) is 31.2 Å². The Morgan fingerprint density at radius 1 is 1.24 bits per heavy atom. The molecule has 0 spiro atoms.